The summed E-state index contributed by atoms with van der Waals surface area (Å²) in [5.74, 6) is 0.624. The molecule has 1 aliphatic rings. The van der Waals surface area contributed by atoms with Crippen molar-refractivity contribution in [3.8, 4) is 5.75 Å². The minimum Gasteiger partial charge on any atom is -0.496 e. The Morgan fingerprint density at radius 3 is 2.65 bits per heavy atom. The number of aromatic nitrogens is 2. The normalized spacial score (nSPS) is 15.5. The van der Waals surface area contributed by atoms with E-state index in [0.29, 0.717) is 17.6 Å². The molecule has 1 saturated heterocycles. The third kappa shape index (κ3) is 4.77. The van der Waals surface area contributed by atoms with Gasteiger partial charge in [-0.15, -0.1) is 0 Å². The lowest BCUT2D eigenvalue weighted by Crippen LogP contribution is -2.42. The van der Waals surface area contributed by atoms with Gasteiger partial charge in [-0.3, -0.25) is 19.1 Å². The number of rotatable bonds is 7. The number of carbonyl (C=O) groups is 1. The van der Waals surface area contributed by atoms with Crippen LogP contribution in [-0.4, -0.2) is 47.1 Å². The number of benzene rings is 2. The van der Waals surface area contributed by atoms with Crippen LogP contribution >= 0.6 is 0 Å². The topological polar surface area (TPSA) is 76.5 Å². The fourth-order valence-corrected chi connectivity index (χ4v) is 4.30. The van der Waals surface area contributed by atoms with E-state index in [0.717, 1.165) is 37.2 Å². The minimum atomic E-state index is -0.286. The summed E-state index contributed by atoms with van der Waals surface area (Å²) in [6, 6.07) is 15.3. The van der Waals surface area contributed by atoms with E-state index < -0.39 is 0 Å². The van der Waals surface area contributed by atoms with Crippen LogP contribution < -0.4 is 15.6 Å². The van der Waals surface area contributed by atoms with Crippen LogP contribution in [0.2, 0.25) is 0 Å². The van der Waals surface area contributed by atoms with Gasteiger partial charge in [0.05, 0.1) is 30.4 Å². The minimum absolute atomic E-state index is 0.0197. The van der Waals surface area contributed by atoms with Crippen molar-refractivity contribution in [2.24, 2.45) is 0 Å². The van der Waals surface area contributed by atoms with Gasteiger partial charge in [-0.2, -0.15) is 0 Å². The Morgan fingerprint density at radius 1 is 1.10 bits per heavy atom. The van der Waals surface area contributed by atoms with Gasteiger partial charge in [0.1, 0.15) is 12.3 Å². The van der Waals surface area contributed by atoms with Gasteiger partial charge >= 0.3 is 0 Å². The molecule has 162 valence electrons. The Balaban J connectivity index is 1.53. The highest BCUT2D eigenvalue weighted by Gasteiger charge is 2.25. The van der Waals surface area contributed by atoms with Gasteiger partial charge in [0.15, 0.2) is 0 Å². The highest BCUT2D eigenvalue weighted by molar-refractivity contribution is 5.80. The maximum absolute atomic E-state index is 12.8. The maximum atomic E-state index is 12.8. The number of amides is 1. The number of methoxy groups -OCH3 is 1. The first-order chi connectivity index (χ1) is 15.2. The third-order valence-electron chi connectivity index (χ3n) is 5.88. The van der Waals surface area contributed by atoms with Crippen LogP contribution in [-0.2, 0) is 11.3 Å². The van der Waals surface area contributed by atoms with E-state index in [-0.39, 0.29) is 24.1 Å². The maximum Gasteiger partial charge on any atom is 0.269 e. The summed E-state index contributed by atoms with van der Waals surface area (Å²) in [6.07, 6.45) is 4.80. The summed E-state index contributed by atoms with van der Waals surface area (Å²) in [6.45, 7) is 2.40. The average molecular weight is 421 g/mol. The molecule has 1 fully saturated rings. The van der Waals surface area contributed by atoms with Gasteiger partial charge in [0.2, 0.25) is 5.91 Å². The van der Waals surface area contributed by atoms with Crippen LogP contribution in [0, 0.1) is 0 Å². The van der Waals surface area contributed by atoms with Crippen LogP contribution in [0.4, 0.5) is 0 Å². The second-order valence-corrected chi connectivity index (χ2v) is 7.83. The molecule has 7 nitrogen and oxygen atoms in total. The van der Waals surface area contributed by atoms with Crippen molar-refractivity contribution in [2.45, 2.75) is 31.8 Å². The molecule has 3 aromatic rings. The van der Waals surface area contributed by atoms with Gasteiger partial charge in [0.25, 0.3) is 5.56 Å². The molecule has 31 heavy (non-hydrogen) atoms. The lowest BCUT2D eigenvalue weighted by molar-refractivity contribution is -0.121. The zero-order valence-corrected chi connectivity index (χ0v) is 17.8. The average Bonchev–Trinajstić information content (AvgIpc) is 2.82. The summed E-state index contributed by atoms with van der Waals surface area (Å²) < 4.78 is 7.06. The van der Waals surface area contributed by atoms with Gasteiger partial charge in [-0.25, -0.2) is 4.98 Å². The summed E-state index contributed by atoms with van der Waals surface area (Å²) in [5, 5.41) is 3.05. The number of para-hydroxylation sites is 3. The van der Waals surface area contributed by atoms with Gasteiger partial charge in [-0.05, 0) is 44.1 Å². The standard InChI is InChI=1S/C24H28N4O3/c1-31-22-12-6-3-9-18(22)21(27-13-7-2-8-14-27)15-26-23(29)17-28-20-11-5-4-10-19(20)25-16-24(28)30/h3-6,9-12,16,21H,2,7-8,13-15,17H2,1H3,(H,26,29). The fraction of sp³-hybridized carbons (Fsp3) is 0.375. The summed E-state index contributed by atoms with van der Waals surface area (Å²) in [7, 11) is 1.67. The van der Waals surface area contributed by atoms with Crippen molar-refractivity contribution >= 4 is 16.9 Å². The molecule has 1 atom stereocenters. The Kier molecular flexibility index (Phi) is 6.62. The second-order valence-electron chi connectivity index (χ2n) is 7.83. The van der Waals surface area contributed by atoms with Crippen molar-refractivity contribution in [3.05, 3.63) is 70.6 Å². The van der Waals surface area contributed by atoms with E-state index in [9.17, 15) is 9.59 Å². The smallest absolute Gasteiger partial charge is 0.269 e. The Morgan fingerprint density at radius 2 is 1.84 bits per heavy atom. The van der Waals surface area contributed by atoms with Crippen LogP contribution in [0.1, 0.15) is 30.9 Å². The molecular weight excluding hydrogens is 392 g/mol. The van der Waals surface area contributed by atoms with Crippen molar-refractivity contribution in [1.29, 1.82) is 0 Å². The molecule has 1 amide bonds. The first kappa shape index (κ1) is 21.1. The van der Waals surface area contributed by atoms with Crippen molar-refractivity contribution in [1.82, 2.24) is 19.8 Å². The van der Waals surface area contributed by atoms with E-state index in [4.69, 9.17) is 4.74 Å². The Hall–Kier alpha value is -3.19. The molecule has 2 aromatic carbocycles. The number of fused-ring (bicyclic) bond motifs is 1. The van der Waals surface area contributed by atoms with Crippen LogP contribution in [0.25, 0.3) is 11.0 Å². The first-order valence-corrected chi connectivity index (χ1v) is 10.8. The number of carbonyl (C=O) groups excluding carboxylic acids is 1. The molecule has 4 rings (SSSR count). The largest absolute Gasteiger partial charge is 0.496 e. The molecule has 1 N–H and O–H groups in total. The zero-order chi connectivity index (χ0) is 21.6. The second kappa shape index (κ2) is 9.75. The molecule has 7 heteroatoms. The lowest BCUT2D eigenvalue weighted by atomic mass is 10.0. The molecule has 0 bridgehead atoms. The zero-order valence-electron chi connectivity index (χ0n) is 17.8. The molecular formula is C24H28N4O3. The predicted molar refractivity (Wildman–Crippen MR) is 120 cm³/mol. The summed E-state index contributed by atoms with van der Waals surface area (Å²) in [4.78, 5) is 31.8. The van der Waals surface area contributed by atoms with Gasteiger partial charge in [0, 0.05) is 12.1 Å². The van der Waals surface area contributed by atoms with Crippen molar-refractivity contribution in [3.63, 3.8) is 0 Å². The summed E-state index contributed by atoms with van der Waals surface area (Å²) >= 11 is 0. The summed E-state index contributed by atoms with van der Waals surface area (Å²) in [5.41, 5.74) is 2.13. The van der Waals surface area contributed by atoms with Crippen molar-refractivity contribution in [2.75, 3.05) is 26.7 Å². The number of hydrogen-bond acceptors (Lipinski definition) is 5. The van der Waals surface area contributed by atoms with E-state index in [1.165, 1.54) is 17.2 Å². The SMILES string of the molecule is COc1ccccc1C(CNC(=O)Cn1c(=O)cnc2ccccc21)N1CCCCC1. The van der Waals surface area contributed by atoms with E-state index in [1.807, 2.05) is 42.5 Å². The first-order valence-electron chi connectivity index (χ1n) is 10.8. The number of nitrogens with one attached hydrogen (secondary N) is 1. The monoisotopic (exact) mass is 420 g/mol. The van der Waals surface area contributed by atoms with Gasteiger partial charge in [-0.1, -0.05) is 36.8 Å². The van der Waals surface area contributed by atoms with E-state index >= 15 is 0 Å². The molecule has 2 heterocycles. The van der Waals surface area contributed by atoms with Crippen LogP contribution in [0.3, 0.4) is 0 Å². The quantitative estimate of drug-likeness (QED) is 0.636. The lowest BCUT2D eigenvalue weighted by Gasteiger charge is -2.35. The molecule has 1 aromatic heterocycles. The Bertz CT molecular complexity index is 1110. The molecule has 1 unspecified atom stereocenters. The fourth-order valence-electron chi connectivity index (χ4n) is 4.30. The number of likely N-dealkylation sites (tertiary alicyclic amines) is 1. The highest BCUT2D eigenvalue weighted by atomic mass is 16.5. The highest BCUT2D eigenvalue weighted by Crippen LogP contribution is 2.30. The molecule has 1 aliphatic heterocycles. The third-order valence-corrected chi connectivity index (χ3v) is 5.88. The number of hydrogen-bond donors (Lipinski definition) is 1. The number of nitrogens with zero attached hydrogens (tertiary/aromatic N) is 3. The van der Waals surface area contributed by atoms with Crippen LogP contribution in [0.5, 0.6) is 5.75 Å². The molecule has 0 radical (unpaired) electrons. The van der Waals surface area contributed by atoms with E-state index in [2.05, 4.69) is 21.3 Å². The molecule has 0 saturated carbocycles. The van der Waals surface area contributed by atoms with Crippen LogP contribution in [0.15, 0.2) is 59.5 Å². The van der Waals surface area contributed by atoms with Crippen molar-refractivity contribution < 1.29 is 9.53 Å². The molecule has 0 aliphatic carbocycles. The predicted octanol–water partition coefficient (Wildman–Crippen LogP) is 2.75. The van der Waals surface area contributed by atoms with Gasteiger partial charge < -0.3 is 10.1 Å². The molecule has 0 spiro atoms. The number of ether oxygens (including phenoxy) is 1. The number of piperidine rings is 1. The Labute approximate surface area is 181 Å². The van der Waals surface area contributed by atoms with E-state index in [1.54, 1.807) is 7.11 Å².